The Labute approximate surface area is 194 Å². The fraction of sp³-hybridized carbons (Fsp3) is 0.167. The molecule has 10 heteroatoms. The minimum absolute atomic E-state index is 0.00944. The number of carbonyl (C=O) groups is 1. The van der Waals surface area contributed by atoms with Crippen molar-refractivity contribution in [2.24, 2.45) is 5.92 Å². The van der Waals surface area contributed by atoms with Crippen LogP contribution < -0.4 is 10.2 Å². The normalized spacial score (nSPS) is 13.7. The molecule has 10 nitrogen and oxygen atoms in total. The van der Waals surface area contributed by atoms with Gasteiger partial charge in [-0.05, 0) is 30.7 Å². The molecule has 0 spiro atoms. The number of rotatable bonds is 5. The number of carbonyl (C=O) groups excluding carboxylic acids is 1. The summed E-state index contributed by atoms with van der Waals surface area (Å²) < 4.78 is 3.59. The Morgan fingerprint density at radius 1 is 1.06 bits per heavy atom. The smallest absolute Gasteiger partial charge is 0.231 e. The van der Waals surface area contributed by atoms with Crippen LogP contribution in [0.4, 0.5) is 11.5 Å². The molecule has 0 saturated carbocycles. The van der Waals surface area contributed by atoms with Crippen molar-refractivity contribution in [3.8, 4) is 17.1 Å². The number of hydrogen-bond donors (Lipinski definition) is 1. The number of aromatic nitrogens is 7. The zero-order valence-electron chi connectivity index (χ0n) is 18.4. The highest BCUT2D eigenvalue weighted by Gasteiger charge is 2.33. The highest BCUT2D eigenvalue weighted by Crippen LogP contribution is 2.27. The maximum Gasteiger partial charge on any atom is 0.231 e. The summed E-state index contributed by atoms with van der Waals surface area (Å²) >= 11 is 0. The van der Waals surface area contributed by atoms with Crippen LogP contribution in [0.3, 0.4) is 0 Å². The second-order valence-corrected chi connectivity index (χ2v) is 8.29. The highest BCUT2D eigenvalue weighted by atomic mass is 16.2. The third-order valence-corrected chi connectivity index (χ3v) is 5.97. The van der Waals surface area contributed by atoms with Gasteiger partial charge in [0, 0.05) is 42.8 Å². The number of hydrogen-bond acceptors (Lipinski definition) is 7. The highest BCUT2D eigenvalue weighted by molar-refractivity contribution is 5.95. The molecule has 4 aromatic heterocycles. The summed E-state index contributed by atoms with van der Waals surface area (Å²) in [4.78, 5) is 32.1. The van der Waals surface area contributed by atoms with E-state index in [-0.39, 0.29) is 11.8 Å². The monoisotopic (exact) mass is 451 g/mol. The number of nitrogens with one attached hydrogen (secondary N) is 1. The Balaban J connectivity index is 1.13. The minimum Gasteiger partial charge on any atom is -0.355 e. The first kappa shape index (κ1) is 20.0. The molecule has 1 aromatic carbocycles. The van der Waals surface area contributed by atoms with Gasteiger partial charge in [0.15, 0.2) is 5.82 Å². The molecule has 1 fully saturated rings. The molecule has 6 rings (SSSR count). The molecule has 1 saturated heterocycles. The molecule has 0 unspecified atom stereocenters. The Hall–Kier alpha value is -4.60. The quantitative estimate of drug-likeness (QED) is 0.438. The molecule has 1 amide bonds. The molecule has 5 heterocycles. The van der Waals surface area contributed by atoms with E-state index in [2.05, 4.69) is 25.4 Å². The van der Waals surface area contributed by atoms with Crippen molar-refractivity contribution in [1.82, 2.24) is 34.1 Å². The standard InChI is InChI=1S/C24H21N9O/c1-16-4-3-7-31-12-20(30-23(16)31)17-5-2-6-19(8-17)29-24(34)18-10-32(11-18)21-9-22(27-14-26-21)33-15-25-13-28-33/h2-9,12-15,18H,10-11H2,1H3,(H,29,34). The van der Waals surface area contributed by atoms with Gasteiger partial charge in [-0.3, -0.25) is 4.79 Å². The van der Waals surface area contributed by atoms with Crippen molar-refractivity contribution >= 4 is 23.1 Å². The van der Waals surface area contributed by atoms with Gasteiger partial charge in [0.25, 0.3) is 0 Å². The van der Waals surface area contributed by atoms with Crippen LogP contribution in [0.15, 0.2) is 73.8 Å². The van der Waals surface area contributed by atoms with E-state index in [1.165, 1.54) is 12.7 Å². The maximum absolute atomic E-state index is 12.8. The molecule has 168 valence electrons. The van der Waals surface area contributed by atoms with Gasteiger partial charge < -0.3 is 14.6 Å². The van der Waals surface area contributed by atoms with E-state index in [9.17, 15) is 4.79 Å². The van der Waals surface area contributed by atoms with E-state index in [4.69, 9.17) is 4.98 Å². The number of amides is 1. The fourth-order valence-electron chi connectivity index (χ4n) is 4.09. The third kappa shape index (κ3) is 3.64. The van der Waals surface area contributed by atoms with Crippen LogP contribution in [-0.4, -0.2) is 53.1 Å². The van der Waals surface area contributed by atoms with Crippen LogP contribution in [0.25, 0.3) is 22.7 Å². The number of pyridine rings is 1. The molecular weight excluding hydrogens is 430 g/mol. The molecule has 1 aliphatic rings. The number of fused-ring (bicyclic) bond motifs is 1. The summed E-state index contributed by atoms with van der Waals surface area (Å²) in [6, 6.07) is 13.7. The SMILES string of the molecule is Cc1cccn2cc(-c3cccc(NC(=O)C4CN(c5cc(-n6cncn6)ncn5)C4)c3)nc12. The molecule has 5 aromatic rings. The molecule has 0 atom stereocenters. The van der Waals surface area contributed by atoms with E-state index in [0.29, 0.717) is 18.9 Å². The lowest BCUT2D eigenvalue weighted by Gasteiger charge is -2.39. The van der Waals surface area contributed by atoms with Gasteiger partial charge in [-0.2, -0.15) is 5.10 Å². The van der Waals surface area contributed by atoms with Gasteiger partial charge in [-0.15, -0.1) is 0 Å². The lowest BCUT2D eigenvalue weighted by molar-refractivity contribution is -0.120. The fourth-order valence-corrected chi connectivity index (χ4v) is 4.09. The molecule has 0 radical (unpaired) electrons. The van der Waals surface area contributed by atoms with Crippen molar-refractivity contribution < 1.29 is 4.79 Å². The maximum atomic E-state index is 12.8. The van der Waals surface area contributed by atoms with E-state index in [0.717, 1.165) is 34.0 Å². The Morgan fingerprint density at radius 2 is 1.94 bits per heavy atom. The van der Waals surface area contributed by atoms with Crippen molar-refractivity contribution in [3.63, 3.8) is 0 Å². The first-order valence-electron chi connectivity index (χ1n) is 10.9. The number of nitrogens with zero attached hydrogens (tertiary/aromatic N) is 8. The van der Waals surface area contributed by atoms with Gasteiger partial charge in [0.1, 0.15) is 30.4 Å². The first-order valence-corrected chi connectivity index (χ1v) is 10.9. The summed E-state index contributed by atoms with van der Waals surface area (Å²) in [5.41, 5.74) is 4.62. The third-order valence-electron chi connectivity index (χ3n) is 5.97. The summed E-state index contributed by atoms with van der Waals surface area (Å²) in [6.45, 7) is 3.22. The largest absolute Gasteiger partial charge is 0.355 e. The van der Waals surface area contributed by atoms with Crippen LogP contribution in [0.2, 0.25) is 0 Å². The number of imidazole rings is 1. The second kappa shape index (κ2) is 8.07. The van der Waals surface area contributed by atoms with Gasteiger partial charge >= 0.3 is 0 Å². The molecule has 34 heavy (non-hydrogen) atoms. The predicted molar refractivity (Wildman–Crippen MR) is 127 cm³/mol. The van der Waals surface area contributed by atoms with Crippen LogP contribution >= 0.6 is 0 Å². The van der Waals surface area contributed by atoms with Gasteiger partial charge in [0.05, 0.1) is 11.6 Å². The topological polar surface area (TPSA) is 106 Å². The number of aryl methyl sites for hydroxylation is 1. The Kier molecular flexibility index (Phi) is 4.76. The van der Waals surface area contributed by atoms with Crippen LogP contribution in [0.5, 0.6) is 0 Å². The van der Waals surface area contributed by atoms with E-state index in [1.54, 1.807) is 11.0 Å². The lowest BCUT2D eigenvalue weighted by atomic mass is 9.99. The Bertz CT molecular complexity index is 1490. The summed E-state index contributed by atoms with van der Waals surface area (Å²) in [6.07, 6.45) is 8.52. The van der Waals surface area contributed by atoms with Crippen molar-refractivity contribution in [3.05, 3.63) is 79.4 Å². The van der Waals surface area contributed by atoms with Gasteiger partial charge in [0.2, 0.25) is 5.91 Å². The number of anilines is 2. The van der Waals surface area contributed by atoms with Crippen molar-refractivity contribution in [1.29, 1.82) is 0 Å². The zero-order valence-corrected chi connectivity index (χ0v) is 18.4. The van der Waals surface area contributed by atoms with E-state index < -0.39 is 0 Å². The first-order chi connectivity index (χ1) is 16.6. The summed E-state index contributed by atoms with van der Waals surface area (Å²) in [5.74, 6) is 1.26. The molecule has 1 N–H and O–H groups in total. The Morgan fingerprint density at radius 3 is 2.76 bits per heavy atom. The average Bonchev–Trinajstić information content (AvgIpc) is 3.50. The molecule has 0 aliphatic carbocycles. The van der Waals surface area contributed by atoms with E-state index in [1.807, 2.05) is 71.1 Å². The zero-order chi connectivity index (χ0) is 23.1. The van der Waals surface area contributed by atoms with Crippen molar-refractivity contribution in [2.45, 2.75) is 6.92 Å². The van der Waals surface area contributed by atoms with E-state index >= 15 is 0 Å². The van der Waals surface area contributed by atoms with Gasteiger partial charge in [-0.25, -0.2) is 24.6 Å². The second-order valence-electron chi connectivity index (χ2n) is 8.29. The summed E-state index contributed by atoms with van der Waals surface area (Å²) in [5, 5.41) is 7.14. The number of benzene rings is 1. The average molecular weight is 451 g/mol. The van der Waals surface area contributed by atoms with Crippen LogP contribution in [0.1, 0.15) is 5.56 Å². The van der Waals surface area contributed by atoms with Crippen LogP contribution in [-0.2, 0) is 4.79 Å². The summed E-state index contributed by atoms with van der Waals surface area (Å²) in [7, 11) is 0. The lowest BCUT2D eigenvalue weighted by Crippen LogP contribution is -2.52. The van der Waals surface area contributed by atoms with Gasteiger partial charge in [-0.1, -0.05) is 18.2 Å². The molecule has 0 bridgehead atoms. The minimum atomic E-state index is -0.119. The predicted octanol–water partition coefficient (Wildman–Crippen LogP) is 2.76. The molecular formula is C24H21N9O. The molecule has 1 aliphatic heterocycles. The van der Waals surface area contributed by atoms with Crippen LogP contribution in [0, 0.1) is 12.8 Å². The van der Waals surface area contributed by atoms with Crippen molar-refractivity contribution in [2.75, 3.05) is 23.3 Å².